The van der Waals surface area contributed by atoms with Crippen LogP contribution < -0.4 is 0 Å². The molecule has 2 aromatic carbocycles. The molecule has 136 valence electrons. The van der Waals surface area contributed by atoms with E-state index in [1.54, 1.807) is 21.7 Å². The third-order valence-electron chi connectivity index (χ3n) is 5.08. The van der Waals surface area contributed by atoms with Crippen LogP contribution >= 0.6 is 11.3 Å². The number of sulfonamides is 1. The van der Waals surface area contributed by atoms with E-state index in [2.05, 4.69) is 6.07 Å². The zero-order valence-corrected chi connectivity index (χ0v) is 16.6. The molecule has 1 aromatic heterocycles. The topological polar surface area (TPSA) is 50.3 Å². The molecule has 0 spiro atoms. The van der Waals surface area contributed by atoms with Gasteiger partial charge in [0.05, 0.1) is 20.1 Å². The van der Waals surface area contributed by atoms with Gasteiger partial charge in [0.2, 0.25) is 10.0 Å². The quantitative estimate of drug-likeness (QED) is 0.667. The van der Waals surface area contributed by atoms with E-state index in [0.29, 0.717) is 23.9 Å². The second-order valence-corrected chi connectivity index (χ2v) is 9.94. The molecule has 4 rings (SSSR count). The Balaban J connectivity index is 1.53. The van der Waals surface area contributed by atoms with Gasteiger partial charge in [-0.3, -0.25) is 0 Å². The fourth-order valence-electron chi connectivity index (χ4n) is 3.53. The van der Waals surface area contributed by atoms with Crippen molar-refractivity contribution in [2.45, 2.75) is 37.5 Å². The lowest BCUT2D eigenvalue weighted by molar-refractivity contribution is 0.319. The highest BCUT2D eigenvalue weighted by Gasteiger charge is 2.32. The highest BCUT2D eigenvalue weighted by atomic mass is 32.2. The van der Waals surface area contributed by atoms with E-state index >= 15 is 0 Å². The number of piperidine rings is 1. The molecule has 1 fully saturated rings. The van der Waals surface area contributed by atoms with E-state index in [1.165, 1.54) is 4.70 Å². The Morgan fingerprint density at radius 3 is 2.54 bits per heavy atom. The molecule has 26 heavy (non-hydrogen) atoms. The average molecular weight is 387 g/mol. The molecule has 6 heteroatoms. The summed E-state index contributed by atoms with van der Waals surface area (Å²) in [4.78, 5) is 5.20. The van der Waals surface area contributed by atoms with Gasteiger partial charge < -0.3 is 0 Å². The van der Waals surface area contributed by atoms with Gasteiger partial charge in [0, 0.05) is 19.0 Å². The molecule has 0 aliphatic carbocycles. The summed E-state index contributed by atoms with van der Waals surface area (Å²) in [6, 6.07) is 13.8. The van der Waals surface area contributed by atoms with Crippen molar-refractivity contribution in [2.24, 2.45) is 0 Å². The Bertz CT molecular complexity index is 1020. The molecular weight excluding hydrogens is 364 g/mol. The molecule has 0 atom stereocenters. The number of rotatable bonds is 3. The van der Waals surface area contributed by atoms with Gasteiger partial charge in [0.15, 0.2) is 0 Å². The van der Waals surface area contributed by atoms with Gasteiger partial charge in [-0.05, 0) is 56.0 Å². The van der Waals surface area contributed by atoms with Crippen molar-refractivity contribution in [3.63, 3.8) is 0 Å². The molecule has 0 N–H and O–H groups in total. The predicted octanol–water partition coefficient (Wildman–Crippen LogP) is 4.48. The lowest BCUT2D eigenvalue weighted by Gasteiger charge is -2.30. The van der Waals surface area contributed by atoms with Crippen molar-refractivity contribution < 1.29 is 8.42 Å². The molecule has 4 nitrogen and oxygen atoms in total. The lowest BCUT2D eigenvalue weighted by atomic mass is 9.99. The number of nitrogens with zero attached hydrogens (tertiary/aromatic N) is 2. The minimum absolute atomic E-state index is 0.345. The van der Waals surface area contributed by atoms with Crippen molar-refractivity contribution >= 4 is 31.6 Å². The summed E-state index contributed by atoms with van der Waals surface area (Å²) < 4.78 is 29.0. The predicted molar refractivity (Wildman–Crippen MR) is 106 cm³/mol. The third-order valence-corrected chi connectivity index (χ3v) is 8.31. The van der Waals surface area contributed by atoms with Crippen molar-refractivity contribution in [3.05, 3.63) is 58.6 Å². The smallest absolute Gasteiger partial charge is 0.241 e. The average Bonchev–Trinajstić information content (AvgIpc) is 3.08. The van der Waals surface area contributed by atoms with Crippen LogP contribution in [0.2, 0.25) is 0 Å². The maximum absolute atomic E-state index is 13.1. The lowest BCUT2D eigenvalue weighted by Crippen LogP contribution is -2.38. The molecule has 0 saturated carbocycles. The maximum atomic E-state index is 13.1. The number of benzene rings is 2. The van der Waals surface area contributed by atoms with E-state index in [9.17, 15) is 8.42 Å². The van der Waals surface area contributed by atoms with Crippen LogP contribution in [0.3, 0.4) is 0 Å². The van der Waals surface area contributed by atoms with Crippen LogP contribution in [0.4, 0.5) is 0 Å². The Hall–Kier alpha value is -1.76. The van der Waals surface area contributed by atoms with Crippen molar-refractivity contribution in [1.82, 2.24) is 9.29 Å². The molecule has 1 saturated heterocycles. The van der Waals surface area contributed by atoms with Gasteiger partial charge >= 0.3 is 0 Å². The number of hydrogen-bond acceptors (Lipinski definition) is 4. The summed E-state index contributed by atoms with van der Waals surface area (Å²) in [5, 5.41) is 1.13. The highest BCUT2D eigenvalue weighted by molar-refractivity contribution is 7.89. The Kier molecular flexibility index (Phi) is 4.59. The van der Waals surface area contributed by atoms with Crippen LogP contribution in [0.5, 0.6) is 0 Å². The van der Waals surface area contributed by atoms with Crippen LogP contribution in [0, 0.1) is 13.8 Å². The van der Waals surface area contributed by atoms with E-state index in [0.717, 1.165) is 34.5 Å². The standard InChI is InChI=1S/C20H22N2O2S2/c1-14-7-8-15(2)19(13-14)26(23,24)22-11-9-16(10-12-22)20-21-17-5-3-4-6-18(17)25-20/h3-8,13,16H,9-12H2,1-2H3. The van der Waals surface area contributed by atoms with E-state index < -0.39 is 10.0 Å². The summed E-state index contributed by atoms with van der Waals surface area (Å²) in [7, 11) is -3.43. The number of aromatic nitrogens is 1. The van der Waals surface area contributed by atoms with E-state index in [1.807, 2.05) is 44.2 Å². The molecule has 1 aliphatic heterocycles. The number of aryl methyl sites for hydroxylation is 2. The maximum Gasteiger partial charge on any atom is 0.243 e. The molecule has 0 unspecified atom stereocenters. The van der Waals surface area contributed by atoms with Crippen LogP contribution in [-0.2, 0) is 10.0 Å². The first-order valence-electron chi connectivity index (χ1n) is 8.88. The fraction of sp³-hybridized carbons (Fsp3) is 0.350. The van der Waals surface area contributed by atoms with Crippen molar-refractivity contribution in [1.29, 1.82) is 0 Å². The number of fused-ring (bicyclic) bond motifs is 1. The minimum atomic E-state index is -3.43. The van der Waals surface area contributed by atoms with Gasteiger partial charge in [-0.1, -0.05) is 24.3 Å². The summed E-state index contributed by atoms with van der Waals surface area (Å²) in [5.41, 5.74) is 2.82. The van der Waals surface area contributed by atoms with Gasteiger partial charge in [0.25, 0.3) is 0 Å². The molecule has 2 heterocycles. The second kappa shape index (κ2) is 6.76. The number of para-hydroxylation sites is 1. The Morgan fingerprint density at radius 2 is 1.81 bits per heavy atom. The molecule has 0 bridgehead atoms. The van der Waals surface area contributed by atoms with Gasteiger partial charge in [-0.25, -0.2) is 13.4 Å². The van der Waals surface area contributed by atoms with Crippen molar-refractivity contribution in [2.75, 3.05) is 13.1 Å². The molecule has 3 aromatic rings. The van der Waals surface area contributed by atoms with Gasteiger partial charge in [0.1, 0.15) is 0 Å². The fourth-order valence-corrected chi connectivity index (χ4v) is 6.45. The molecule has 1 aliphatic rings. The number of thiazole rings is 1. The SMILES string of the molecule is Cc1ccc(C)c(S(=O)(=O)N2CCC(c3nc4ccccc4s3)CC2)c1. The third kappa shape index (κ3) is 3.17. The monoisotopic (exact) mass is 386 g/mol. The molecular formula is C20H22N2O2S2. The summed E-state index contributed by atoms with van der Waals surface area (Å²) in [6.07, 6.45) is 1.65. The first-order chi connectivity index (χ1) is 12.4. The normalized spacial score (nSPS) is 17.0. The molecule has 0 amide bonds. The van der Waals surface area contributed by atoms with Gasteiger partial charge in [-0.2, -0.15) is 4.31 Å². The second-order valence-electron chi connectivity index (χ2n) is 6.97. The first-order valence-corrected chi connectivity index (χ1v) is 11.1. The largest absolute Gasteiger partial charge is 0.243 e. The molecule has 0 radical (unpaired) electrons. The zero-order chi connectivity index (χ0) is 18.3. The van der Waals surface area contributed by atoms with E-state index in [4.69, 9.17) is 4.98 Å². The number of hydrogen-bond donors (Lipinski definition) is 0. The van der Waals surface area contributed by atoms with Crippen LogP contribution in [0.15, 0.2) is 47.4 Å². The Labute approximate surface area is 158 Å². The van der Waals surface area contributed by atoms with Crippen LogP contribution in [0.25, 0.3) is 10.2 Å². The highest BCUT2D eigenvalue weighted by Crippen LogP contribution is 2.35. The minimum Gasteiger partial charge on any atom is -0.241 e. The van der Waals surface area contributed by atoms with Crippen molar-refractivity contribution in [3.8, 4) is 0 Å². The van der Waals surface area contributed by atoms with Crippen LogP contribution in [0.1, 0.15) is 34.9 Å². The van der Waals surface area contributed by atoms with Crippen LogP contribution in [-0.4, -0.2) is 30.8 Å². The first kappa shape index (κ1) is 17.6. The van der Waals surface area contributed by atoms with Gasteiger partial charge in [-0.15, -0.1) is 11.3 Å². The summed E-state index contributed by atoms with van der Waals surface area (Å²) >= 11 is 1.73. The zero-order valence-electron chi connectivity index (χ0n) is 15.0. The summed E-state index contributed by atoms with van der Waals surface area (Å²) in [6.45, 7) is 4.89. The Morgan fingerprint density at radius 1 is 1.08 bits per heavy atom. The summed E-state index contributed by atoms with van der Waals surface area (Å²) in [5.74, 6) is 0.345. The van der Waals surface area contributed by atoms with E-state index in [-0.39, 0.29) is 0 Å².